The minimum absolute atomic E-state index is 0.0657. The molecular weight excluding hydrogens is 332 g/mol. The van der Waals surface area contributed by atoms with Crippen LogP contribution in [0.3, 0.4) is 0 Å². The Morgan fingerprint density at radius 1 is 1.41 bits per heavy atom. The Morgan fingerprint density at radius 3 is 2.77 bits per heavy atom. The molecule has 0 aliphatic heterocycles. The van der Waals surface area contributed by atoms with Gasteiger partial charge in [-0.3, -0.25) is 5.01 Å². The molecule has 0 atom stereocenters. The molecule has 0 saturated carbocycles. The third kappa shape index (κ3) is 3.38. The van der Waals surface area contributed by atoms with Crippen molar-refractivity contribution in [1.29, 1.82) is 0 Å². The van der Waals surface area contributed by atoms with Crippen molar-refractivity contribution in [2.24, 2.45) is 11.6 Å². The van der Waals surface area contributed by atoms with E-state index in [0.29, 0.717) is 0 Å². The van der Waals surface area contributed by atoms with E-state index in [1.165, 1.54) is 37.8 Å². The smallest absolute Gasteiger partial charge is 0.216 e. The molecule has 0 aliphatic rings. The van der Waals surface area contributed by atoms with Gasteiger partial charge in [-0.15, -0.1) is 0 Å². The Bertz CT molecular complexity index is 722. The van der Waals surface area contributed by atoms with Gasteiger partial charge in [0.25, 0.3) is 0 Å². The molecule has 9 heteroatoms. The van der Waals surface area contributed by atoms with E-state index in [-0.39, 0.29) is 33.0 Å². The second-order valence-electron chi connectivity index (χ2n) is 4.12. The van der Waals surface area contributed by atoms with Crippen molar-refractivity contribution in [2.45, 2.75) is 0 Å². The summed E-state index contributed by atoms with van der Waals surface area (Å²) in [6.45, 7) is 0. The number of rotatable bonds is 4. The summed E-state index contributed by atoms with van der Waals surface area (Å²) < 4.78 is 19.5. The van der Waals surface area contributed by atoms with Gasteiger partial charge in [-0.05, 0) is 12.1 Å². The Balaban J connectivity index is 2.66. The predicted octanol–water partition coefficient (Wildman–Crippen LogP) is 2.62. The molecule has 0 spiro atoms. The first-order chi connectivity index (χ1) is 10.4. The van der Waals surface area contributed by atoms with Crippen LogP contribution in [-0.2, 0) is 0 Å². The molecule has 0 bridgehead atoms. The maximum absolute atomic E-state index is 14.5. The van der Waals surface area contributed by atoms with Crippen LogP contribution in [0.2, 0.25) is 5.02 Å². The molecule has 2 rings (SSSR count). The second kappa shape index (κ2) is 6.78. The van der Waals surface area contributed by atoms with Gasteiger partial charge in [0.05, 0.1) is 35.3 Å². The number of hydrogen-bond donors (Lipinski definition) is 2. The molecule has 0 aliphatic carbocycles. The average molecular weight is 344 g/mol. The van der Waals surface area contributed by atoms with E-state index < -0.39 is 5.82 Å². The van der Waals surface area contributed by atoms with Gasteiger partial charge in [-0.25, -0.2) is 20.2 Å². The molecule has 1 aromatic carbocycles. The van der Waals surface area contributed by atoms with Gasteiger partial charge in [-0.1, -0.05) is 23.2 Å². The maximum atomic E-state index is 14.5. The van der Waals surface area contributed by atoms with Gasteiger partial charge >= 0.3 is 0 Å². The average Bonchev–Trinajstić information content (AvgIpc) is 2.49. The number of ether oxygens (including phenoxy) is 1. The van der Waals surface area contributed by atoms with Crippen LogP contribution in [0.5, 0.6) is 5.88 Å². The quantitative estimate of drug-likeness (QED) is 0.503. The summed E-state index contributed by atoms with van der Waals surface area (Å²) in [4.78, 5) is 7.90. The van der Waals surface area contributed by atoms with Crippen LogP contribution in [0.1, 0.15) is 0 Å². The zero-order chi connectivity index (χ0) is 16.3. The van der Waals surface area contributed by atoms with Crippen molar-refractivity contribution in [2.75, 3.05) is 12.1 Å². The fraction of sp³-hybridized carbons (Fsp3) is 0.0769. The summed E-state index contributed by atoms with van der Waals surface area (Å²) >= 11 is 11.4. The highest BCUT2D eigenvalue weighted by Gasteiger charge is 2.19. The van der Waals surface area contributed by atoms with Gasteiger partial charge in [0.15, 0.2) is 5.82 Å². The number of nitrogens with zero attached hydrogens (tertiary/aromatic N) is 3. The summed E-state index contributed by atoms with van der Waals surface area (Å²) in [5, 5.41) is 0.933. The molecule has 2 aromatic rings. The summed E-state index contributed by atoms with van der Waals surface area (Å²) in [5.74, 6) is 5.42. The molecule has 4 N–H and O–H groups in total. The van der Waals surface area contributed by atoms with E-state index >= 15 is 0 Å². The standard InChI is InChI=1S/C13H12Cl2FN5O/c1-22-11-4-8(19-6-20-11)12-9(21(18)5-10(15)17)3-2-7(14)13(12)16/h2-6H,17-18H2,1H3/b10-5-. The van der Waals surface area contributed by atoms with E-state index in [4.69, 9.17) is 39.5 Å². The molecule has 0 amide bonds. The minimum Gasteiger partial charge on any atom is -0.481 e. The Kier molecular flexibility index (Phi) is 5.02. The SMILES string of the molecule is COc1cc(-c2c(N(N)/C=C(\N)Cl)ccc(Cl)c2F)ncn1. The van der Waals surface area contributed by atoms with E-state index in [1.807, 2.05) is 0 Å². The van der Waals surface area contributed by atoms with Crippen molar-refractivity contribution in [1.82, 2.24) is 9.97 Å². The lowest BCUT2D eigenvalue weighted by Crippen LogP contribution is -2.26. The van der Waals surface area contributed by atoms with Gasteiger partial charge in [-0.2, -0.15) is 0 Å². The summed E-state index contributed by atoms with van der Waals surface area (Å²) in [5.41, 5.74) is 5.97. The van der Waals surface area contributed by atoms with Crippen molar-refractivity contribution in [3.05, 3.63) is 46.7 Å². The Labute approximate surface area is 136 Å². The predicted molar refractivity (Wildman–Crippen MR) is 83.8 cm³/mol. The lowest BCUT2D eigenvalue weighted by atomic mass is 10.1. The second-order valence-corrected chi connectivity index (χ2v) is 4.97. The first kappa shape index (κ1) is 16.3. The number of halogens is 3. The molecule has 1 aromatic heterocycles. The number of nitrogens with two attached hydrogens (primary N) is 2. The van der Waals surface area contributed by atoms with Crippen LogP contribution < -0.4 is 21.3 Å². The van der Waals surface area contributed by atoms with Crippen molar-refractivity contribution in [3.8, 4) is 17.1 Å². The highest BCUT2D eigenvalue weighted by atomic mass is 35.5. The number of benzene rings is 1. The molecule has 116 valence electrons. The van der Waals surface area contributed by atoms with Gasteiger partial charge in [0.1, 0.15) is 11.5 Å². The van der Waals surface area contributed by atoms with Crippen LogP contribution in [-0.4, -0.2) is 17.1 Å². The molecule has 0 radical (unpaired) electrons. The highest BCUT2D eigenvalue weighted by Crippen LogP contribution is 2.35. The molecule has 1 heterocycles. The minimum atomic E-state index is -0.683. The van der Waals surface area contributed by atoms with Crippen LogP contribution in [0.4, 0.5) is 10.1 Å². The third-order valence-corrected chi connectivity index (χ3v) is 3.11. The molecular formula is C13H12Cl2FN5O. The van der Waals surface area contributed by atoms with Gasteiger partial charge < -0.3 is 10.5 Å². The fourth-order valence-corrected chi connectivity index (χ4v) is 2.05. The lowest BCUT2D eigenvalue weighted by Gasteiger charge is -2.19. The molecule has 22 heavy (non-hydrogen) atoms. The number of hydrazine groups is 1. The van der Waals surface area contributed by atoms with Crippen LogP contribution in [0.15, 0.2) is 35.9 Å². The maximum Gasteiger partial charge on any atom is 0.216 e. The Hall–Kier alpha value is -2.09. The Morgan fingerprint density at radius 2 is 2.14 bits per heavy atom. The monoisotopic (exact) mass is 343 g/mol. The molecule has 6 nitrogen and oxygen atoms in total. The third-order valence-electron chi connectivity index (χ3n) is 2.72. The number of methoxy groups -OCH3 is 1. The summed E-state index contributed by atoms with van der Waals surface area (Å²) in [6.07, 6.45) is 2.47. The van der Waals surface area contributed by atoms with E-state index in [2.05, 4.69) is 9.97 Å². The van der Waals surface area contributed by atoms with E-state index in [9.17, 15) is 4.39 Å². The van der Waals surface area contributed by atoms with E-state index in [1.54, 1.807) is 0 Å². The lowest BCUT2D eigenvalue weighted by molar-refractivity contribution is 0.397. The first-order valence-corrected chi connectivity index (χ1v) is 6.70. The van der Waals surface area contributed by atoms with E-state index in [0.717, 1.165) is 5.01 Å². The van der Waals surface area contributed by atoms with Crippen LogP contribution in [0, 0.1) is 5.82 Å². The molecule has 0 unspecified atom stereocenters. The fourth-order valence-electron chi connectivity index (χ4n) is 1.79. The molecule has 0 saturated heterocycles. The summed E-state index contributed by atoms with van der Waals surface area (Å²) in [7, 11) is 1.44. The van der Waals surface area contributed by atoms with Gasteiger partial charge in [0.2, 0.25) is 5.88 Å². The normalized spacial score (nSPS) is 11.4. The largest absolute Gasteiger partial charge is 0.481 e. The zero-order valence-corrected chi connectivity index (χ0v) is 12.9. The number of anilines is 1. The van der Waals surface area contributed by atoms with Crippen molar-refractivity contribution in [3.63, 3.8) is 0 Å². The van der Waals surface area contributed by atoms with Crippen LogP contribution in [0.25, 0.3) is 11.3 Å². The van der Waals surface area contributed by atoms with Gasteiger partial charge in [0, 0.05) is 6.07 Å². The topological polar surface area (TPSA) is 90.3 Å². The summed E-state index contributed by atoms with van der Waals surface area (Å²) in [6, 6.07) is 4.35. The number of aromatic nitrogens is 2. The molecule has 0 fully saturated rings. The zero-order valence-electron chi connectivity index (χ0n) is 11.4. The van der Waals surface area contributed by atoms with Crippen LogP contribution >= 0.6 is 23.2 Å². The highest BCUT2D eigenvalue weighted by molar-refractivity contribution is 6.31. The number of hydrogen-bond acceptors (Lipinski definition) is 6. The van der Waals surface area contributed by atoms with Crippen molar-refractivity contribution >= 4 is 28.9 Å². The first-order valence-electron chi connectivity index (χ1n) is 5.95. The van der Waals surface area contributed by atoms with Crippen molar-refractivity contribution < 1.29 is 9.13 Å².